The molecule has 0 radical (unpaired) electrons. The van der Waals surface area contributed by atoms with Gasteiger partial charge in [0.2, 0.25) is 0 Å². The van der Waals surface area contributed by atoms with Crippen LogP contribution >= 0.6 is 0 Å². The monoisotopic (exact) mass is 334 g/mol. The van der Waals surface area contributed by atoms with Crippen molar-refractivity contribution >= 4 is 16.0 Å². The lowest BCUT2D eigenvalue weighted by atomic mass is 10.5. The second-order valence-electron chi connectivity index (χ2n) is 5.28. The number of hydrogen-bond donors (Lipinski definition) is 0. The summed E-state index contributed by atoms with van der Waals surface area (Å²) in [7, 11) is -1.99. The Hall–Kier alpha value is 0.114. The summed E-state index contributed by atoms with van der Waals surface area (Å²) in [5, 5.41) is 0. The molecule has 0 rings (SSSR count). The van der Waals surface area contributed by atoms with Crippen molar-refractivity contribution < 1.29 is 18.6 Å². The Balaban J connectivity index is 5.36. The molecule has 0 aliphatic carbocycles. The second-order valence-corrected chi connectivity index (χ2v) is 13.2. The molecular formula is C15H34O4Si2. The molecule has 0 fully saturated rings. The molecule has 0 amide bonds. The predicted octanol–water partition coefficient (Wildman–Crippen LogP) is 3.71. The Morgan fingerprint density at radius 3 is 1.33 bits per heavy atom. The third-order valence-corrected chi connectivity index (χ3v) is 9.14. The van der Waals surface area contributed by atoms with Gasteiger partial charge in [-0.25, -0.2) is 0 Å². The fourth-order valence-corrected chi connectivity index (χ4v) is 7.62. The first kappa shape index (κ1) is 21.1. The molecule has 21 heavy (non-hydrogen) atoms. The van der Waals surface area contributed by atoms with Crippen molar-refractivity contribution in [1.82, 2.24) is 0 Å². The number of ether oxygens (including phenoxy) is 3. The van der Waals surface area contributed by atoms with Crippen LogP contribution < -0.4 is 0 Å². The predicted molar refractivity (Wildman–Crippen MR) is 90.9 cm³/mol. The summed E-state index contributed by atoms with van der Waals surface area (Å²) >= 11 is 0. The quantitative estimate of drug-likeness (QED) is 0.380. The Morgan fingerprint density at radius 2 is 1.05 bits per heavy atom. The van der Waals surface area contributed by atoms with Gasteiger partial charge in [0.05, 0.1) is 26.4 Å². The van der Waals surface area contributed by atoms with E-state index < -0.39 is 21.6 Å². The first-order chi connectivity index (χ1) is 10.1. The molecule has 0 heterocycles. The van der Waals surface area contributed by atoms with E-state index in [-0.39, 0.29) is 0 Å². The van der Waals surface area contributed by atoms with Gasteiger partial charge in [-0.1, -0.05) is 40.8 Å². The second kappa shape index (κ2) is 12.6. The molecule has 0 saturated heterocycles. The van der Waals surface area contributed by atoms with E-state index in [0.29, 0.717) is 19.8 Å². The van der Waals surface area contributed by atoms with E-state index in [4.69, 9.17) is 18.6 Å². The minimum Gasteiger partial charge on any atom is -0.548 e. The highest BCUT2D eigenvalue weighted by Gasteiger charge is 2.42. The fourth-order valence-electron chi connectivity index (χ4n) is 1.77. The van der Waals surface area contributed by atoms with Gasteiger partial charge >= 0.3 is 13.7 Å². The summed E-state index contributed by atoms with van der Waals surface area (Å²) in [6.07, 6.45) is 3.86. The summed E-state index contributed by atoms with van der Waals surface area (Å²) in [5.74, 6) is 0. The third kappa shape index (κ3) is 7.79. The highest BCUT2D eigenvalue weighted by atomic mass is 28.9. The zero-order valence-electron chi connectivity index (χ0n) is 14.8. The van der Waals surface area contributed by atoms with Crippen molar-refractivity contribution in [2.45, 2.75) is 72.1 Å². The van der Waals surface area contributed by atoms with E-state index in [1.807, 2.05) is 0 Å². The molecule has 0 unspecified atom stereocenters. The SMILES string of the molecule is CCCO[Si](=[Si](C)C)C(OCCC)(OCCC)OCCC. The average molecular weight is 335 g/mol. The fraction of sp³-hybridized carbons (Fsp3) is 1.00. The molecule has 6 heteroatoms. The largest absolute Gasteiger partial charge is 0.548 e. The minimum absolute atomic E-state index is 0.645. The summed E-state index contributed by atoms with van der Waals surface area (Å²) in [6, 6.07) is 0. The van der Waals surface area contributed by atoms with Crippen LogP contribution in [0.25, 0.3) is 0 Å². The average Bonchev–Trinajstić information content (AvgIpc) is 2.48. The van der Waals surface area contributed by atoms with Crippen LogP contribution in [0.1, 0.15) is 53.4 Å². The van der Waals surface area contributed by atoms with Gasteiger partial charge in [-0.2, -0.15) is 0 Å². The molecule has 0 bridgehead atoms. The summed E-state index contributed by atoms with van der Waals surface area (Å²) in [6.45, 7) is 15.7. The first-order valence-corrected chi connectivity index (χ1v) is 13.2. The van der Waals surface area contributed by atoms with Crippen molar-refractivity contribution in [2.75, 3.05) is 26.4 Å². The van der Waals surface area contributed by atoms with Crippen molar-refractivity contribution in [3.8, 4) is 0 Å². The standard InChI is InChI=1S/C15H34O4Si2/c1-7-11-16-15(17-12-8-2,18-13-9-3)21(20(5)6)19-14-10-4/h7-14H2,1-6H3. The van der Waals surface area contributed by atoms with Crippen molar-refractivity contribution in [2.24, 2.45) is 0 Å². The Kier molecular flexibility index (Phi) is 12.7. The highest BCUT2D eigenvalue weighted by Crippen LogP contribution is 2.20. The van der Waals surface area contributed by atoms with E-state index >= 15 is 0 Å². The van der Waals surface area contributed by atoms with Gasteiger partial charge in [-0.05, 0) is 25.7 Å². The molecule has 0 aromatic heterocycles. The molecule has 0 spiro atoms. The van der Waals surface area contributed by atoms with E-state index in [0.717, 1.165) is 32.3 Å². The van der Waals surface area contributed by atoms with Crippen LogP contribution in [-0.2, 0) is 18.6 Å². The molecule has 0 aliphatic rings. The zero-order valence-corrected chi connectivity index (χ0v) is 16.8. The summed E-state index contributed by atoms with van der Waals surface area (Å²) < 4.78 is 24.5. The Labute approximate surface area is 133 Å². The molecule has 126 valence electrons. The number of rotatable bonds is 13. The molecule has 4 nitrogen and oxygen atoms in total. The van der Waals surface area contributed by atoms with E-state index in [1.165, 1.54) is 0 Å². The van der Waals surface area contributed by atoms with Gasteiger partial charge in [-0.15, -0.1) is 0 Å². The van der Waals surface area contributed by atoms with Gasteiger partial charge < -0.3 is 18.6 Å². The normalized spacial score (nSPS) is 11.5. The van der Waals surface area contributed by atoms with Gasteiger partial charge in [-0.3, -0.25) is 0 Å². The van der Waals surface area contributed by atoms with Crippen molar-refractivity contribution in [3.05, 3.63) is 0 Å². The van der Waals surface area contributed by atoms with E-state index in [9.17, 15) is 0 Å². The van der Waals surface area contributed by atoms with E-state index in [1.54, 1.807) is 0 Å². The van der Waals surface area contributed by atoms with Crippen LogP contribution in [0.3, 0.4) is 0 Å². The third-order valence-electron chi connectivity index (χ3n) is 2.67. The maximum absolute atomic E-state index is 6.18. The first-order valence-electron chi connectivity index (χ1n) is 8.30. The smallest absolute Gasteiger partial charge is 0.313 e. The lowest BCUT2D eigenvalue weighted by Crippen LogP contribution is -2.53. The lowest BCUT2D eigenvalue weighted by molar-refractivity contribution is -0.333. The number of hydrogen-bond acceptors (Lipinski definition) is 4. The van der Waals surface area contributed by atoms with Gasteiger partial charge in [0, 0.05) is 7.89 Å². The molecule has 0 N–H and O–H groups in total. The van der Waals surface area contributed by atoms with Crippen LogP contribution in [-0.4, -0.2) is 48.0 Å². The minimum atomic E-state index is -1.30. The van der Waals surface area contributed by atoms with Gasteiger partial charge in [0.15, 0.2) is 0 Å². The topological polar surface area (TPSA) is 36.9 Å². The van der Waals surface area contributed by atoms with Crippen LogP contribution in [0.2, 0.25) is 13.1 Å². The van der Waals surface area contributed by atoms with Gasteiger partial charge in [0.25, 0.3) is 0 Å². The molecule has 0 saturated carbocycles. The van der Waals surface area contributed by atoms with Crippen molar-refractivity contribution in [3.63, 3.8) is 0 Å². The Morgan fingerprint density at radius 1 is 0.667 bits per heavy atom. The Bertz CT molecular complexity index is 270. The van der Waals surface area contributed by atoms with Crippen molar-refractivity contribution in [1.29, 1.82) is 0 Å². The van der Waals surface area contributed by atoms with Gasteiger partial charge in [0.1, 0.15) is 0 Å². The highest BCUT2D eigenvalue weighted by molar-refractivity contribution is 6.93. The molecular weight excluding hydrogens is 300 g/mol. The summed E-state index contributed by atoms with van der Waals surface area (Å²) in [5.41, 5.74) is -0.931. The summed E-state index contributed by atoms with van der Waals surface area (Å²) in [4.78, 5) is 0. The molecule has 0 aromatic carbocycles. The van der Waals surface area contributed by atoms with Crippen LogP contribution in [0.15, 0.2) is 0 Å². The lowest BCUT2D eigenvalue weighted by Gasteiger charge is -2.35. The zero-order chi connectivity index (χ0) is 16.1. The molecule has 0 aromatic rings. The maximum atomic E-state index is 6.18. The molecule has 0 aliphatic heterocycles. The van der Waals surface area contributed by atoms with Crippen LogP contribution in [0.4, 0.5) is 0 Å². The maximum Gasteiger partial charge on any atom is 0.313 e. The van der Waals surface area contributed by atoms with Crippen LogP contribution in [0.5, 0.6) is 0 Å². The van der Waals surface area contributed by atoms with Crippen LogP contribution in [0, 0.1) is 0 Å². The van der Waals surface area contributed by atoms with E-state index in [2.05, 4.69) is 40.8 Å². The molecule has 0 atom stereocenters.